The summed E-state index contributed by atoms with van der Waals surface area (Å²) in [6.07, 6.45) is 2.13. The van der Waals surface area contributed by atoms with Crippen LogP contribution in [0.3, 0.4) is 0 Å². The summed E-state index contributed by atoms with van der Waals surface area (Å²) in [4.78, 5) is 0. The first-order valence-electron chi connectivity index (χ1n) is 5.27. The minimum absolute atomic E-state index is 0.612. The Bertz CT molecular complexity index is 331. The largest absolute Gasteiger partial charge is 0.312 e. The summed E-state index contributed by atoms with van der Waals surface area (Å²) in [6, 6.07) is 5.75. The Morgan fingerprint density at radius 3 is 2.69 bits per heavy atom. The van der Waals surface area contributed by atoms with Crippen LogP contribution in [0.4, 0.5) is 0 Å². The van der Waals surface area contributed by atoms with Crippen LogP contribution in [0, 0.1) is 5.92 Å². The van der Waals surface area contributed by atoms with E-state index < -0.39 is 0 Å². The maximum atomic E-state index is 5.94. The Morgan fingerprint density at radius 1 is 1.31 bits per heavy atom. The Labute approximate surface area is 112 Å². The predicted molar refractivity (Wildman–Crippen MR) is 75.7 cm³/mol. The third-order valence-electron chi connectivity index (χ3n) is 2.26. The molecule has 1 atom stereocenters. The molecule has 0 fully saturated rings. The lowest BCUT2D eigenvalue weighted by atomic mass is 10.2. The van der Waals surface area contributed by atoms with Gasteiger partial charge in [0.1, 0.15) is 0 Å². The molecule has 1 nitrogen and oxygen atoms in total. The lowest BCUT2D eigenvalue weighted by molar-refractivity contribution is 0.559. The van der Waals surface area contributed by atoms with Gasteiger partial charge in [-0.15, -0.1) is 0 Å². The van der Waals surface area contributed by atoms with Crippen LogP contribution in [0.5, 0.6) is 0 Å². The maximum Gasteiger partial charge on any atom is 0.0595 e. The van der Waals surface area contributed by atoms with E-state index in [0.29, 0.717) is 16.0 Å². The second-order valence-electron chi connectivity index (χ2n) is 3.94. The van der Waals surface area contributed by atoms with Gasteiger partial charge in [0.05, 0.1) is 10.0 Å². The molecule has 0 amide bonds. The first-order valence-corrected chi connectivity index (χ1v) is 7.42. The summed E-state index contributed by atoms with van der Waals surface area (Å²) in [5.74, 6) is 1.88. The molecule has 0 saturated heterocycles. The molecule has 4 heteroatoms. The van der Waals surface area contributed by atoms with Gasteiger partial charge >= 0.3 is 0 Å². The average Bonchev–Trinajstić information content (AvgIpc) is 2.24. The summed E-state index contributed by atoms with van der Waals surface area (Å²) in [5.41, 5.74) is 1.17. The SMILES string of the molecule is CSCC(C)CNCc1ccc(Cl)c(Cl)c1. The highest BCUT2D eigenvalue weighted by molar-refractivity contribution is 7.98. The summed E-state index contributed by atoms with van der Waals surface area (Å²) in [6.45, 7) is 4.12. The molecule has 0 spiro atoms. The van der Waals surface area contributed by atoms with Crippen molar-refractivity contribution < 1.29 is 0 Å². The third kappa shape index (κ3) is 4.96. The number of hydrogen-bond donors (Lipinski definition) is 1. The minimum Gasteiger partial charge on any atom is -0.312 e. The first-order chi connectivity index (χ1) is 7.63. The van der Waals surface area contributed by atoms with E-state index >= 15 is 0 Å². The van der Waals surface area contributed by atoms with Crippen LogP contribution in [-0.2, 0) is 6.54 Å². The van der Waals surface area contributed by atoms with E-state index in [1.165, 1.54) is 11.3 Å². The molecule has 1 rings (SSSR count). The van der Waals surface area contributed by atoms with Crippen LogP contribution < -0.4 is 5.32 Å². The minimum atomic E-state index is 0.612. The van der Waals surface area contributed by atoms with E-state index in [4.69, 9.17) is 23.2 Å². The van der Waals surface area contributed by atoms with Crippen molar-refractivity contribution >= 4 is 35.0 Å². The molecular formula is C12H17Cl2NS. The molecule has 0 bridgehead atoms. The Kier molecular flexibility index (Phi) is 6.59. The Morgan fingerprint density at radius 2 is 2.06 bits per heavy atom. The zero-order valence-corrected chi connectivity index (χ0v) is 11.9. The van der Waals surface area contributed by atoms with Gasteiger partial charge in [0, 0.05) is 6.54 Å². The van der Waals surface area contributed by atoms with Gasteiger partial charge in [-0.3, -0.25) is 0 Å². The lowest BCUT2D eigenvalue weighted by Crippen LogP contribution is -2.21. The standard InChI is InChI=1S/C12H17Cl2NS/c1-9(8-16-2)6-15-7-10-3-4-11(13)12(14)5-10/h3-5,9,15H,6-8H2,1-2H3. The Balaban J connectivity index is 2.34. The van der Waals surface area contributed by atoms with Crippen LogP contribution in [0.15, 0.2) is 18.2 Å². The van der Waals surface area contributed by atoms with Crippen LogP contribution in [-0.4, -0.2) is 18.6 Å². The second-order valence-corrected chi connectivity index (χ2v) is 5.66. The van der Waals surface area contributed by atoms with E-state index in [-0.39, 0.29) is 0 Å². The highest BCUT2D eigenvalue weighted by atomic mass is 35.5. The fraction of sp³-hybridized carbons (Fsp3) is 0.500. The highest BCUT2D eigenvalue weighted by Crippen LogP contribution is 2.22. The molecule has 16 heavy (non-hydrogen) atoms. The van der Waals surface area contributed by atoms with E-state index in [2.05, 4.69) is 18.5 Å². The number of benzene rings is 1. The van der Waals surface area contributed by atoms with E-state index in [1.807, 2.05) is 30.0 Å². The van der Waals surface area contributed by atoms with E-state index in [1.54, 1.807) is 0 Å². The number of nitrogens with one attached hydrogen (secondary N) is 1. The van der Waals surface area contributed by atoms with Gasteiger partial charge in [0.25, 0.3) is 0 Å². The molecule has 0 saturated carbocycles. The van der Waals surface area contributed by atoms with Gasteiger partial charge in [-0.05, 0) is 42.2 Å². The molecule has 1 unspecified atom stereocenters. The molecule has 0 aliphatic rings. The van der Waals surface area contributed by atoms with Crippen molar-refractivity contribution in [2.45, 2.75) is 13.5 Å². The molecule has 1 aromatic rings. The zero-order valence-electron chi connectivity index (χ0n) is 9.59. The van der Waals surface area contributed by atoms with Crippen molar-refractivity contribution in [3.63, 3.8) is 0 Å². The van der Waals surface area contributed by atoms with Crippen molar-refractivity contribution in [3.05, 3.63) is 33.8 Å². The molecule has 0 radical (unpaired) electrons. The zero-order chi connectivity index (χ0) is 12.0. The second kappa shape index (κ2) is 7.44. The highest BCUT2D eigenvalue weighted by Gasteiger charge is 2.02. The molecule has 1 N–H and O–H groups in total. The van der Waals surface area contributed by atoms with Crippen LogP contribution in [0.1, 0.15) is 12.5 Å². The van der Waals surface area contributed by atoms with E-state index in [9.17, 15) is 0 Å². The quantitative estimate of drug-likeness (QED) is 0.841. The first kappa shape index (κ1) is 14.2. The number of halogens is 2. The normalized spacial score (nSPS) is 12.8. The number of thioether (sulfide) groups is 1. The van der Waals surface area contributed by atoms with Crippen molar-refractivity contribution in [1.82, 2.24) is 5.32 Å². The van der Waals surface area contributed by atoms with Gasteiger partial charge in [0.15, 0.2) is 0 Å². The lowest BCUT2D eigenvalue weighted by Gasteiger charge is -2.11. The third-order valence-corrected chi connectivity index (χ3v) is 3.90. The molecule has 0 aromatic heterocycles. The van der Waals surface area contributed by atoms with Gasteiger partial charge in [0.2, 0.25) is 0 Å². The van der Waals surface area contributed by atoms with Gasteiger partial charge in [-0.2, -0.15) is 11.8 Å². The van der Waals surface area contributed by atoms with E-state index in [0.717, 1.165) is 13.1 Å². The monoisotopic (exact) mass is 277 g/mol. The number of hydrogen-bond acceptors (Lipinski definition) is 2. The van der Waals surface area contributed by atoms with Crippen LogP contribution in [0.2, 0.25) is 10.0 Å². The molecule has 0 heterocycles. The topological polar surface area (TPSA) is 12.0 Å². The fourth-order valence-corrected chi connectivity index (χ4v) is 2.46. The van der Waals surface area contributed by atoms with Crippen molar-refractivity contribution in [1.29, 1.82) is 0 Å². The fourth-order valence-electron chi connectivity index (χ4n) is 1.46. The predicted octanol–water partition coefficient (Wildman–Crippen LogP) is 4.08. The van der Waals surface area contributed by atoms with Crippen molar-refractivity contribution in [3.8, 4) is 0 Å². The summed E-state index contributed by atoms with van der Waals surface area (Å²) < 4.78 is 0. The van der Waals surface area contributed by atoms with Gasteiger partial charge < -0.3 is 5.32 Å². The smallest absolute Gasteiger partial charge is 0.0595 e. The summed E-state index contributed by atoms with van der Waals surface area (Å²) >= 11 is 13.7. The van der Waals surface area contributed by atoms with Crippen molar-refractivity contribution in [2.75, 3.05) is 18.6 Å². The summed E-state index contributed by atoms with van der Waals surface area (Å²) in [5, 5.41) is 4.65. The molecule has 1 aromatic carbocycles. The molecule has 0 aliphatic carbocycles. The maximum absolute atomic E-state index is 5.94. The Hall–Kier alpha value is 0.110. The molecule has 0 aliphatic heterocycles. The number of rotatable bonds is 6. The average molecular weight is 278 g/mol. The van der Waals surface area contributed by atoms with Crippen molar-refractivity contribution in [2.24, 2.45) is 5.92 Å². The van der Waals surface area contributed by atoms with Gasteiger partial charge in [-0.1, -0.05) is 36.2 Å². The van der Waals surface area contributed by atoms with Gasteiger partial charge in [-0.25, -0.2) is 0 Å². The summed E-state index contributed by atoms with van der Waals surface area (Å²) in [7, 11) is 0. The van der Waals surface area contributed by atoms with Crippen LogP contribution >= 0.6 is 35.0 Å². The van der Waals surface area contributed by atoms with Crippen LogP contribution in [0.25, 0.3) is 0 Å². The molecular weight excluding hydrogens is 261 g/mol. The molecule has 90 valence electrons.